The van der Waals surface area contributed by atoms with Crippen LogP contribution in [0.15, 0.2) is 59.5 Å². The molecule has 8 nitrogen and oxygen atoms in total. The number of piperidine rings is 1. The standard InChI is InChI=1S/C32H37FN6O2S/c1-22-19-23(2)28(36-25-11-13-37(14-12-25)29-9-5-4-7-24(29)21-34)20-26(22)32(40)39-17-15-38(16-18-39)30-10-6-8-27(33)31(30)42(3,35)41/h4-10,19-20,25,35-36H,11-18H2,1-3H3/t42-/m0/s1. The number of aryl methyl sites for hydroxylation is 2. The number of nitrogens with zero attached hydrogens (tertiary/aromatic N) is 4. The van der Waals surface area contributed by atoms with Crippen LogP contribution < -0.4 is 15.1 Å². The van der Waals surface area contributed by atoms with E-state index in [0.29, 0.717) is 43.0 Å². The van der Waals surface area contributed by atoms with Gasteiger partial charge >= 0.3 is 0 Å². The van der Waals surface area contributed by atoms with Crippen LogP contribution in [0.1, 0.15) is 39.9 Å². The third-order valence-electron chi connectivity index (χ3n) is 8.26. The number of piperazine rings is 1. The maximum atomic E-state index is 14.5. The summed E-state index contributed by atoms with van der Waals surface area (Å²) < 4.78 is 35.0. The summed E-state index contributed by atoms with van der Waals surface area (Å²) in [5, 5.41) is 13.2. The molecule has 10 heteroatoms. The van der Waals surface area contributed by atoms with E-state index in [1.807, 2.05) is 47.1 Å². The predicted molar refractivity (Wildman–Crippen MR) is 165 cm³/mol. The van der Waals surface area contributed by atoms with Gasteiger partial charge in [-0.1, -0.05) is 24.3 Å². The van der Waals surface area contributed by atoms with Crippen LogP contribution in [-0.2, 0) is 9.73 Å². The van der Waals surface area contributed by atoms with Gasteiger partial charge < -0.3 is 20.0 Å². The second kappa shape index (κ2) is 12.0. The highest BCUT2D eigenvalue weighted by Crippen LogP contribution is 2.31. The van der Waals surface area contributed by atoms with Crippen LogP contribution in [-0.4, -0.2) is 66.6 Å². The van der Waals surface area contributed by atoms with Crippen LogP contribution in [0.3, 0.4) is 0 Å². The maximum absolute atomic E-state index is 14.5. The highest BCUT2D eigenvalue weighted by Gasteiger charge is 2.28. The van der Waals surface area contributed by atoms with Gasteiger partial charge in [-0.25, -0.2) is 13.4 Å². The molecule has 2 fully saturated rings. The van der Waals surface area contributed by atoms with E-state index < -0.39 is 15.5 Å². The van der Waals surface area contributed by atoms with Crippen molar-refractivity contribution in [3.8, 4) is 6.07 Å². The van der Waals surface area contributed by atoms with Crippen LogP contribution >= 0.6 is 0 Å². The number of nitriles is 1. The number of anilines is 3. The van der Waals surface area contributed by atoms with Gasteiger partial charge in [-0.3, -0.25) is 4.79 Å². The Morgan fingerprint density at radius 2 is 1.60 bits per heavy atom. The molecule has 2 N–H and O–H groups in total. The minimum absolute atomic E-state index is 0.0441. The van der Waals surface area contributed by atoms with E-state index in [-0.39, 0.29) is 16.8 Å². The first-order valence-corrected chi connectivity index (χ1v) is 16.2. The Morgan fingerprint density at radius 1 is 0.952 bits per heavy atom. The second-order valence-corrected chi connectivity index (χ2v) is 13.3. The number of hydrogen-bond donors (Lipinski definition) is 2. The lowest BCUT2D eigenvalue weighted by Crippen LogP contribution is -2.49. The van der Waals surface area contributed by atoms with Crippen LogP contribution in [0.25, 0.3) is 0 Å². The fourth-order valence-electron chi connectivity index (χ4n) is 6.02. The van der Waals surface area contributed by atoms with Crippen molar-refractivity contribution in [2.24, 2.45) is 0 Å². The van der Waals surface area contributed by atoms with Crippen molar-refractivity contribution in [3.05, 3.63) is 82.7 Å². The van der Waals surface area contributed by atoms with Crippen molar-refractivity contribution >= 4 is 32.7 Å². The minimum atomic E-state index is -3.25. The molecule has 220 valence electrons. The number of halogens is 1. The lowest BCUT2D eigenvalue weighted by atomic mass is 9.99. The Hall–Kier alpha value is -4.10. The van der Waals surface area contributed by atoms with E-state index >= 15 is 0 Å². The summed E-state index contributed by atoms with van der Waals surface area (Å²) in [6, 6.07) is 18.8. The molecule has 1 amide bonds. The zero-order chi connectivity index (χ0) is 30.0. The van der Waals surface area contributed by atoms with Crippen LogP contribution in [0, 0.1) is 35.8 Å². The second-order valence-electron chi connectivity index (χ2n) is 11.2. The normalized spacial score (nSPS) is 17.5. The first-order chi connectivity index (χ1) is 20.1. The molecule has 0 aromatic heterocycles. The summed E-state index contributed by atoms with van der Waals surface area (Å²) >= 11 is 0. The van der Waals surface area contributed by atoms with E-state index in [9.17, 15) is 18.7 Å². The van der Waals surface area contributed by atoms with Gasteiger partial charge in [-0.15, -0.1) is 0 Å². The number of amides is 1. The number of hydrogen-bond acceptors (Lipinski definition) is 7. The molecule has 5 rings (SSSR count). The number of nitrogens with one attached hydrogen (secondary N) is 2. The van der Waals surface area contributed by atoms with Gasteiger partial charge in [-0.05, 0) is 68.1 Å². The van der Waals surface area contributed by atoms with E-state index in [0.717, 1.165) is 48.4 Å². The minimum Gasteiger partial charge on any atom is -0.382 e. The summed E-state index contributed by atoms with van der Waals surface area (Å²) in [5.74, 6) is -0.682. The highest BCUT2D eigenvalue weighted by atomic mass is 32.2. The largest absolute Gasteiger partial charge is 0.382 e. The molecule has 3 aromatic carbocycles. The monoisotopic (exact) mass is 588 g/mol. The molecule has 2 heterocycles. The summed E-state index contributed by atoms with van der Waals surface area (Å²) in [6.07, 6.45) is 3.07. The number of benzene rings is 3. The Labute approximate surface area is 247 Å². The molecule has 0 unspecified atom stereocenters. The number of carbonyl (C=O) groups is 1. The molecule has 42 heavy (non-hydrogen) atoms. The average molecular weight is 589 g/mol. The average Bonchev–Trinajstić information content (AvgIpc) is 2.98. The molecule has 2 saturated heterocycles. The van der Waals surface area contributed by atoms with Gasteiger partial charge in [0.1, 0.15) is 16.8 Å². The van der Waals surface area contributed by atoms with Gasteiger partial charge in [0.2, 0.25) is 0 Å². The fourth-order valence-corrected chi connectivity index (χ4v) is 7.06. The van der Waals surface area contributed by atoms with Crippen molar-refractivity contribution in [1.82, 2.24) is 4.90 Å². The predicted octanol–water partition coefficient (Wildman–Crippen LogP) is 5.39. The molecule has 0 bridgehead atoms. The van der Waals surface area contributed by atoms with Crippen molar-refractivity contribution in [2.45, 2.75) is 37.6 Å². The summed E-state index contributed by atoms with van der Waals surface area (Å²) in [4.78, 5) is 19.6. The van der Waals surface area contributed by atoms with E-state index in [4.69, 9.17) is 4.78 Å². The Kier molecular flexibility index (Phi) is 8.41. The Morgan fingerprint density at radius 3 is 2.26 bits per heavy atom. The topological polar surface area (TPSA) is 104 Å². The van der Waals surface area contributed by atoms with Crippen molar-refractivity contribution in [3.63, 3.8) is 0 Å². The van der Waals surface area contributed by atoms with Crippen LogP contribution in [0.5, 0.6) is 0 Å². The van der Waals surface area contributed by atoms with Gasteiger partial charge in [0.15, 0.2) is 0 Å². The zero-order valence-electron chi connectivity index (χ0n) is 24.3. The van der Waals surface area contributed by atoms with Gasteiger partial charge in [0, 0.05) is 62.8 Å². The quantitative estimate of drug-likeness (QED) is 0.400. The molecule has 3 aromatic rings. The van der Waals surface area contributed by atoms with Crippen molar-refractivity contribution in [2.75, 3.05) is 60.6 Å². The number of para-hydroxylation sites is 1. The molecular weight excluding hydrogens is 551 g/mol. The maximum Gasteiger partial charge on any atom is 0.254 e. The molecule has 0 aliphatic carbocycles. The third kappa shape index (κ3) is 6.07. The van der Waals surface area contributed by atoms with Crippen LogP contribution in [0.4, 0.5) is 21.5 Å². The van der Waals surface area contributed by atoms with Gasteiger partial charge in [-0.2, -0.15) is 5.26 Å². The Balaban J connectivity index is 1.25. The molecule has 0 saturated carbocycles. The summed E-state index contributed by atoms with van der Waals surface area (Å²) in [7, 11) is -3.25. The van der Waals surface area contributed by atoms with Gasteiger partial charge in [0.25, 0.3) is 5.91 Å². The number of rotatable bonds is 6. The highest BCUT2D eigenvalue weighted by molar-refractivity contribution is 7.91. The third-order valence-corrected chi connectivity index (χ3v) is 9.45. The molecule has 0 spiro atoms. The lowest BCUT2D eigenvalue weighted by molar-refractivity contribution is 0.0746. The first kappa shape index (κ1) is 29.4. The van der Waals surface area contributed by atoms with Gasteiger partial charge in [0.05, 0.1) is 26.7 Å². The smallest absolute Gasteiger partial charge is 0.254 e. The molecule has 2 aliphatic heterocycles. The molecule has 0 radical (unpaired) electrons. The zero-order valence-corrected chi connectivity index (χ0v) is 25.1. The number of carbonyl (C=O) groups excluding carboxylic acids is 1. The van der Waals surface area contributed by atoms with E-state index in [1.54, 1.807) is 12.1 Å². The Bertz CT molecular complexity index is 1640. The summed E-state index contributed by atoms with van der Waals surface area (Å²) in [5.41, 5.74) is 5.76. The lowest BCUT2D eigenvalue weighted by Gasteiger charge is -2.37. The SMILES string of the molecule is Cc1cc(C)c(C(=O)N2CCN(c3cccc(F)c3[S@@](C)(=N)=O)CC2)cc1NC1CCN(c2ccccc2C#N)CC1. The molecule has 1 atom stereocenters. The first-order valence-electron chi connectivity index (χ1n) is 14.2. The fraction of sp³-hybridized carbons (Fsp3) is 0.375. The van der Waals surface area contributed by atoms with Crippen molar-refractivity contribution < 1.29 is 13.4 Å². The summed E-state index contributed by atoms with van der Waals surface area (Å²) in [6.45, 7) is 7.50. The van der Waals surface area contributed by atoms with E-state index in [1.165, 1.54) is 12.3 Å². The molecular formula is C32H37FN6O2S. The van der Waals surface area contributed by atoms with Crippen LogP contribution in [0.2, 0.25) is 0 Å². The van der Waals surface area contributed by atoms with Crippen molar-refractivity contribution in [1.29, 1.82) is 10.0 Å². The van der Waals surface area contributed by atoms with E-state index in [2.05, 4.69) is 29.3 Å². The molecule has 2 aliphatic rings.